The highest BCUT2D eigenvalue weighted by Crippen LogP contribution is 2.29. The summed E-state index contributed by atoms with van der Waals surface area (Å²) in [6.45, 7) is 9.15. The van der Waals surface area contributed by atoms with Crippen molar-refractivity contribution in [2.45, 2.75) is 13.0 Å². The Morgan fingerprint density at radius 3 is 2.75 bits per heavy atom. The van der Waals surface area contributed by atoms with Crippen LogP contribution >= 0.6 is 11.3 Å². The molecule has 0 radical (unpaired) electrons. The number of nitriles is 1. The molecule has 0 fully saturated rings. The Hall–Kier alpha value is -3.45. The Balaban J connectivity index is 2.54. The molecule has 0 spiro atoms. The Kier molecular flexibility index (Phi) is 7.47. The maximum atomic E-state index is 12.1. The van der Waals surface area contributed by atoms with E-state index in [2.05, 4.69) is 46.7 Å². The largest absolute Gasteiger partial charge is 0.309 e. The molecular formula is C22H20N4OS. The van der Waals surface area contributed by atoms with Crippen LogP contribution in [-0.4, -0.2) is 24.0 Å². The van der Waals surface area contributed by atoms with Crippen LogP contribution in [0.25, 0.3) is 11.1 Å². The lowest BCUT2D eigenvalue weighted by Gasteiger charge is -2.12. The van der Waals surface area contributed by atoms with Gasteiger partial charge in [0, 0.05) is 27.5 Å². The number of hydrogen-bond acceptors (Lipinski definition) is 5. The number of thiophene rings is 1. The van der Waals surface area contributed by atoms with Crippen LogP contribution in [-0.2, 0) is 4.79 Å². The van der Waals surface area contributed by atoms with Crippen LogP contribution in [0, 0.1) is 23.2 Å². The lowest BCUT2D eigenvalue weighted by atomic mass is 10.0. The van der Waals surface area contributed by atoms with Crippen molar-refractivity contribution >= 4 is 23.1 Å². The molecule has 0 saturated carbocycles. The van der Waals surface area contributed by atoms with E-state index >= 15 is 0 Å². The topological polar surface area (TPSA) is 77.8 Å². The number of amides is 1. The standard InChI is InChI=1S/C22H20N4OS/c1-5-7-16(6-2)8-10-20-18(19-14-28-13-17(19)12-23)9-11-21(25-20)26-22(27)15(3)24-4/h5-7,9,11,13-15,24H,1-2H2,3-4H3,(H,25,26,27)/b16-7+. The van der Waals surface area contributed by atoms with Crippen LogP contribution in [0.5, 0.6) is 0 Å². The molecule has 2 rings (SSSR count). The van der Waals surface area contributed by atoms with Gasteiger partial charge in [-0.2, -0.15) is 16.6 Å². The van der Waals surface area contributed by atoms with Gasteiger partial charge in [-0.3, -0.25) is 4.79 Å². The van der Waals surface area contributed by atoms with Crippen LogP contribution in [0.3, 0.4) is 0 Å². The number of likely N-dealkylation sites (N-methyl/N-ethyl adjacent to an activating group) is 1. The quantitative estimate of drug-likeness (QED) is 0.582. The third-order valence-electron chi connectivity index (χ3n) is 3.89. The predicted molar refractivity (Wildman–Crippen MR) is 115 cm³/mol. The molecule has 2 N–H and O–H groups in total. The SMILES string of the molecule is C=C/C=C(/C#Cc1nc(NC(=O)C(C)NC)ccc1-c1cscc1C#N)C=C. The fourth-order valence-electron chi connectivity index (χ4n) is 2.22. The molecule has 6 heteroatoms. The second-order valence-electron chi connectivity index (χ2n) is 5.72. The van der Waals surface area contributed by atoms with Crippen molar-refractivity contribution < 1.29 is 4.79 Å². The third-order valence-corrected chi connectivity index (χ3v) is 4.63. The van der Waals surface area contributed by atoms with E-state index in [1.165, 1.54) is 11.3 Å². The number of hydrogen-bond donors (Lipinski definition) is 2. The lowest BCUT2D eigenvalue weighted by Crippen LogP contribution is -2.35. The average Bonchev–Trinajstić information content (AvgIpc) is 3.19. The van der Waals surface area contributed by atoms with Crippen molar-refractivity contribution in [2.24, 2.45) is 0 Å². The Morgan fingerprint density at radius 2 is 2.11 bits per heavy atom. The summed E-state index contributed by atoms with van der Waals surface area (Å²) in [7, 11) is 1.71. The number of carbonyl (C=O) groups excluding carboxylic acids is 1. The second-order valence-corrected chi connectivity index (χ2v) is 6.46. The highest BCUT2D eigenvalue weighted by molar-refractivity contribution is 7.08. The number of aromatic nitrogens is 1. The van der Waals surface area contributed by atoms with Crippen LogP contribution in [0.2, 0.25) is 0 Å². The normalized spacial score (nSPS) is 11.5. The molecule has 5 nitrogen and oxygen atoms in total. The van der Waals surface area contributed by atoms with Crippen molar-refractivity contribution in [2.75, 3.05) is 12.4 Å². The van der Waals surface area contributed by atoms with E-state index in [9.17, 15) is 10.1 Å². The van der Waals surface area contributed by atoms with Gasteiger partial charge in [0.1, 0.15) is 17.6 Å². The zero-order valence-electron chi connectivity index (χ0n) is 15.7. The summed E-state index contributed by atoms with van der Waals surface area (Å²) in [5, 5.41) is 18.7. The van der Waals surface area contributed by atoms with Crippen LogP contribution in [0.1, 0.15) is 18.2 Å². The van der Waals surface area contributed by atoms with Gasteiger partial charge in [-0.1, -0.05) is 31.2 Å². The number of rotatable bonds is 6. The maximum absolute atomic E-state index is 12.1. The van der Waals surface area contributed by atoms with E-state index in [4.69, 9.17) is 0 Å². The molecular weight excluding hydrogens is 368 g/mol. The van der Waals surface area contributed by atoms with E-state index in [1.807, 2.05) is 11.4 Å². The summed E-state index contributed by atoms with van der Waals surface area (Å²) >= 11 is 1.44. The van der Waals surface area contributed by atoms with Gasteiger partial charge in [0.15, 0.2) is 0 Å². The molecule has 0 aromatic carbocycles. The van der Waals surface area contributed by atoms with Crippen molar-refractivity contribution in [1.29, 1.82) is 5.26 Å². The molecule has 0 bridgehead atoms. The fourth-order valence-corrected chi connectivity index (χ4v) is 2.99. The first-order chi connectivity index (χ1) is 13.5. The van der Waals surface area contributed by atoms with Gasteiger partial charge in [0.25, 0.3) is 0 Å². The minimum Gasteiger partial charge on any atom is -0.309 e. The molecule has 28 heavy (non-hydrogen) atoms. The van der Waals surface area contributed by atoms with Gasteiger partial charge in [-0.25, -0.2) is 4.98 Å². The number of anilines is 1. The van der Waals surface area contributed by atoms with Crippen LogP contribution in [0.15, 0.2) is 59.9 Å². The summed E-state index contributed by atoms with van der Waals surface area (Å²) in [4.78, 5) is 16.6. The molecule has 140 valence electrons. The van der Waals surface area contributed by atoms with Gasteiger partial charge >= 0.3 is 0 Å². The lowest BCUT2D eigenvalue weighted by molar-refractivity contribution is -0.117. The van der Waals surface area contributed by atoms with Gasteiger partial charge < -0.3 is 10.6 Å². The van der Waals surface area contributed by atoms with Gasteiger partial charge in [-0.05, 0) is 38.1 Å². The Morgan fingerprint density at radius 1 is 1.32 bits per heavy atom. The van der Waals surface area contributed by atoms with Gasteiger partial charge in [0.2, 0.25) is 5.91 Å². The Bertz CT molecular complexity index is 1030. The van der Waals surface area contributed by atoms with E-state index in [-0.39, 0.29) is 11.9 Å². The number of allylic oxidation sites excluding steroid dienone is 4. The molecule has 0 aliphatic heterocycles. The first-order valence-corrected chi connectivity index (χ1v) is 9.41. The summed E-state index contributed by atoms with van der Waals surface area (Å²) in [6.07, 6.45) is 4.99. The van der Waals surface area contributed by atoms with Crippen LogP contribution < -0.4 is 10.6 Å². The van der Waals surface area contributed by atoms with E-state index in [0.717, 1.165) is 11.1 Å². The number of nitrogens with one attached hydrogen (secondary N) is 2. The van der Waals surface area contributed by atoms with Crippen molar-refractivity contribution in [3.8, 4) is 29.0 Å². The molecule has 2 aromatic rings. The predicted octanol–water partition coefficient (Wildman–Crippen LogP) is 3.88. The third kappa shape index (κ3) is 5.05. The van der Waals surface area contributed by atoms with Crippen molar-refractivity contribution in [1.82, 2.24) is 10.3 Å². The van der Waals surface area contributed by atoms with Crippen molar-refractivity contribution in [3.63, 3.8) is 0 Å². The summed E-state index contributed by atoms with van der Waals surface area (Å²) in [5.74, 6) is 6.21. The van der Waals surface area contributed by atoms with E-state index in [1.54, 1.807) is 43.6 Å². The average molecular weight is 388 g/mol. The fraction of sp³-hybridized carbons (Fsp3) is 0.136. The highest BCUT2D eigenvalue weighted by Gasteiger charge is 2.15. The molecule has 0 aliphatic rings. The van der Waals surface area contributed by atoms with E-state index < -0.39 is 0 Å². The molecule has 2 aromatic heterocycles. The second kappa shape index (κ2) is 10.0. The molecule has 1 unspecified atom stereocenters. The van der Waals surface area contributed by atoms with Crippen LogP contribution in [0.4, 0.5) is 5.82 Å². The highest BCUT2D eigenvalue weighted by atomic mass is 32.1. The summed E-state index contributed by atoms with van der Waals surface area (Å²) < 4.78 is 0. The molecule has 1 amide bonds. The minimum absolute atomic E-state index is 0.201. The van der Waals surface area contributed by atoms with Crippen molar-refractivity contribution in [3.05, 3.63) is 71.1 Å². The maximum Gasteiger partial charge on any atom is 0.242 e. The van der Waals surface area contributed by atoms with E-state index in [0.29, 0.717) is 22.6 Å². The number of carbonyl (C=O) groups is 1. The summed E-state index contributed by atoms with van der Waals surface area (Å²) in [5.41, 5.74) is 3.19. The molecule has 1 atom stereocenters. The molecule has 0 aliphatic carbocycles. The first-order valence-electron chi connectivity index (χ1n) is 8.47. The minimum atomic E-state index is -0.360. The molecule has 0 saturated heterocycles. The summed E-state index contributed by atoms with van der Waals surface area (Å²) in [6, 6.07) is 5.33. The van der Waals surface area contributed by atoms with Gasteiger partial charge in [-0.15, -0.1) is 0 Å². The zero-order valence-corrected chi connectivity index (χ0v) is 16.6. The number of nitrogens with zero attached hydrogens (tertiary/aromatic N) is 2. The zero-order chi connectivity index (χ0) is 20.5. The molecule has 2 heterocycles. The number of pyridine rings is 1. The Labute approximate surface area is 169 Å². The monoisotopic (exact) mass is 388 g/mol. The smallest absolute Gasteiger partial charge is 0.242 e. The van der Waals surface area contributed by atoms with Gasteiger partial charge in [0.05, 0.1) is 11.6 Å². The first kappa shape index (κ1) is 20.9.